The number of fused-ring (bicyclic) bond motifs is 4. The Morgan fingerprint density at radius 1 is 1.06 bits per heavy atom. The molecule has 8 rings (SSSR count). The number of likely N-dealkylation sites (tertiary alicyclic amines) is 1. The van der Waals surface area contributed by atoms with E-state index >= 15 is 8.78 Å². The molecule has 5 aromatic rings. The van der Waals surface area contributed by atoms with Gasteiger partial charge in [0.1, 0.15) is 53.2 Å². The summed E-state index contributed by atoms with van der Waals surface area (Å²) < 4.78 is 86.3. The summed E-state index contributed by atoms with van der Waals surface area (Å²) in [7, 11) is -2.79. The van der Waals surface area contributed by atoms with Crippen LogP contribution in [0.5, 0.6) is 17.5 Å². The lowest BCUT2D eigenvalue weighted by atomic mass is 9.95. The number of hydrogen-bond acceptors (Lipinski definition) is 13. The second kappa shape index (κ2) is 18.1. The molecule has 2 unspecified atom stereocenters. The first kappa shape index (κ1) is 47.3. The molecule has 1 amide bonds. The fraction of sp³-hybridized carbons (Fsp3) is 0.396. The van der Waals surface area contributed by atoms with Crippen LogP contribution in [0.2, 0.25) is 0 Å². The lowest BCUT2D eigenvalue weighted by Crippen LogP contribution is -2.59. The average Bonchev–Trinajstić information content (AvgIpc) is 3.62. The van der Waals surface area contributed by atoms with E-state index in [1.807, 2.05) is 16.7 Å². The predicted molar refractivity (Wildman–Crippen MR) is 245 cm³/mol. The van der Waals surface area contributed by atoms with E-state index in [1.54, 1.807) is 50.9 Å². The number of carbonyl (C=O) groups is 2. The molecule has 5 heterocycles. The number of aromatic nitrogens is 3. The molecular weight excluding hydrogens is 891 g/mol. The zero-order valence-electron chi connectivity index (χ0n) is 37.8. The molecule has 7 atom stereocenters. The number of carbonyl (C=O) groups excluding carboxylic acids is 2. The summed E-state index contributed by atoms with van der Waals surface area (Å²) >= 11 is 0. The first-order valence-corrected chi connectivity index (χ1v) is 23.3. The number of likely N-dealkylation sites (N-methyl/N-ethyl adjacent to an activating group) is 1. The van der Waals surface area contributed by atoms with Crippen molar-refractivity contribution in [1.29, 1.82) is 0 Å². The normalized spacial score (nSPS) is 24.1. The molecule has 0 saturated carbocycles. The largest absolute Gasteiger partial charge is 0.513 e. The zero-order valence-corrected chi connectivity index (χ0v) is 38.7. The maximum Gasteiger partial charge on any atom is 0.513 e. The van der Waals surface area contributed by atoms with E-state index in [0.717, 1.165) is 6.07 Å². The van der Waals surface area contributed by atoms with Crippen LogP contribution in [0.15, 0.2) is 73.4 Å². The van der Waals surface area contributed by atoms with Gasteiger partial charge in [-0.2, -0.15) is 15.1 Å². The van der Waals surface area contributed by atoms with Gasteiger partial charge in [0.05, 0.1) is 40.3 Å². The molecule has 2 aromatic heterocycles. The summed E-state index contributed by atoms with van der Waals surface area (Å²) in [5.41, 5.74) is -2.98. The summed E-state index contributed by atoms with van der Waals surface area (Å²) in [4.78, 5) is 45.1. The molecule has 19 heteroatoms. The molecular formula is C48H51F3N7O8P. The van der Waals surface area contributed by atoms with Crippen LogP contribution < -0.4 is 23.8 Å². The summed E-state index contributed by atoms with van der Waals surface area (Å²) in [5.74, 6) is -0.366. The number of terminal acetylenes is 1. The van der Waals surface area contributed by atoms with Crippen LogP contribution in [0.1, 0.15) is 53.0 Å². The van der Waals surface area contributed by atoms with Gasteiger partial charge >= 0.3 is 19.7 Å². The molecule has 67 heavy (non-hydrogen) atoms. The minimum absolute atomic E-state index is 0.0578. The number of ether oxygens (including phenoxy) is 2. The zero-order chi connectivity index (χ0) is 48.2. The summed E-state index contributed by atoms with van der Waals surface area (Å²) in [6.07, 6.45) is 7.27. The van der Waals surface area contributed by atoms with Crippen molar-refractivity contribution < 1.29 is 51.0 Å². The van der Waals surface area contributed by atoms with Crippen molar-refractivity contribution in [2.45, 2.75) is 89.0 Å². The SMILES string of the molecule is C#Cc1c(F)ccc2cc(OP(=O)(N[C@@H](C)C(=O)OC(C)C)Oc3ccccc3)cc(-c3ncc4c(N5C[C@H]6CC(C)(O)[C@@H](C5)N6C(=O)C=C)nc(OC[C@]5(C)C[C@@H](F)CN5C)nc4c3F)c12. The van der Waals surface area contributed by atoms with Crippen LogP contribution in [-0.4, -0.2) is 117 Å². The number of rotatable bonds is 14. The highest BCUT2D eigenvalue weighted by Crippen LogP contribution is 2.48. The van der Waals surface area contributed by atoms with Crippen LogP contribution in [0.25, 0.3) is 32.9 Å². The lowest BCUT2D eigenvalue weighted by molar-refractivity contribution is -0.149. The van der Waals surface area contributed by atoms with E-state index < -0.39 is 66.9 Å². The van der Waals surface area contributed by atoms with Crippen LogP contribution >= 0.6 is 7.75 Å². The van der Waals surface area contributed by atoms with Gasteiger partial charge in [-0.05, 0) is 83.5 Å². The van der Waals surface area contributed by atoms with Gasteiger partial charge in [0.25, 0.3) is 0 Å². The van der Waals surface area contributed by atoms with Gasteiger partial charge in [0.2, 0.25) is 5.91 Å². The molecule has 3 aromatic carbocycles. The number of esters is 1. The number of amides is 1. The van der Waals surface area contributed by atoms with Crippen LogP contribution in [-0.2, 0) is 18.9 Å². The maximum absolute atomic E-state index is 17.8. The highest BCUT2D eigenvalue weighted by Gasteiger charge is 2.54. The Balaban J connectivity index is 1.27. The fourth-order valence-electron chi connectivity index (χ4n) is 9.22. The van der Waals surface area contributed by atoms with Crippen LogP contribution in [0.4, 0.5) is 19.0 Å². The minimum atomic E-state index is -4.57. The Bertz CT molecular complexity index is 2870. The number of halogens is 3. The number of nitrogens with one attached hydrogen (secondary N) is 1. The van der Waals surface area contributed by atoms with E-state index in [9.17, 15) is 23.7 Å². The molecule has 2 N–H and O–H groups in total. The molecule has 3 aliphatic heterocycles. The summed E-state index contributed by atoms with van der Waals surface area (Å²) in [5, 5.41) is 14.6. The van der Waals surface area contributed by atoms with Gasteiger partial charge in [0, 0.05) is 49.6 Å². The highest BCUT2D eigenvalue weighted by molar-refractivity contribution is 7.52. The van der Waals surface area contributed by atoms with Crippen LogP contribution in [0.3, 0.4) is 0 Å². The van der Waals surface area contributed by atoms with Crippen molar-refractivity contribution in [3.05, 3.63) is 90.6 Å². The van der Waals surface area contributed by atoms with Gasteiger partial charge in [-0.15, -0.1) is 6.42 Å². The highest BCUT2D eigenvalue weighted by atomic mass is 31.2. The molecule has 3 aliphatic rings. The van der Waals surface area contributed by atoms with Crippen molar-refractivity contribution in [3.63, 3.8) is 0 Å². The third kappa shape index (κ3) is 9.25. The lowest BCUT2D eigenvalue weighted by Gasteiger charge is -2.42. The second-order valence-corrected chi connectivity index (χ2v) is 19.6. The van der Waals surface area contributed by atoms with Gasteiger partial charge in [-0.1, -0.05) is 36.8 Å². The van der Waals surface area contributed by atoms with E-state index in [0.29, 0.717) is 0 Å². The Kier molecular flexibility index (Phi) is 12.8. The average molecular weight is 942 g/mol. The molecule has 0 spiro atoms. The number of aliphatic hydroxyl groups is 1. The van der Waals surface area contributed by atoms with E-state index in [4.69, 9.17) is 29.9 Å². The van der Waals surface area contributed by atoms with E-state index in [2.05, 4.69) is 27.6 Å². The second-order valence-electron chi connectivity index (χ2n) is 18.0. The number of alkyl halides is 1. The van der Waals surface area contributed by atoms with Crippen molar-refractivity contribution in [3.8, 4) is 41.1 Å². The monoisotopic (exact) mass is 941 g/mol. The first-order valence-electron chi connectivity index (χ1n) is 21.7. The number of piperazine rings is 1. The number of nitrogens with zero attached hydrogens (tertiary/aromatic N) is 6. The number of pyridine rings is 1. The van der Waals surface area contributed by atoms with Crippen molar-refractivity contribution in [1.82, 2.24) is 29.8 Å². The third-order valence-electron chi connectivity index (χ3n) is 12.6. The third-order valence-corrected chi connectivity index (χ3v) is 14.2. The molecule has 0 radical (unpaired) electrons. The fourth-order valence-corrected chi connectivity index (χ4v) is 10.7. The van der Waals surface area contributed by atoms with Gasteiger partial charge in [-0.25, -0.2) is 17.7 Å². The minimum Gasteiger partial charge on any atom is -0.462 e. The van der Waals surface area contributed by atoms with Crippen molar-refractivity contribution in [2.75, 3.05) is 38.2 Å². The number of benzene rings is 3. The maximum atomic E-state index is 17.8. The van der Waals surface area contributed by atoms with Gasteiger partial charge in [-0.3, -0.25) is 19.5 Å². The van der Waals surface area contributed by atoms with E-state index in [1.165, 1.54) is 49.5 Å². The van der Waals surface area contributed by atoms with Gasteiger partial charge in [0.15, 0.2) is 5.82 Å². The Morgan fingerprint density at radius 3 is 2.45 bits per heavy atom. The molecule has 2 bridgehead atoms. The molecule has 15 nitrogen and oxygen atoms in total. The molecule has 0 aliphatic carbocycles. The Hall–Kier alpha value is -6.25. The number of para-hydroxylation sites is 1. The molecule has 3 saturated heterocycles. The summed E-state index contributed by atoms with van der Waals surface area (Å²) in [6, 6.07) is 10.7. The molecule has 3 fully saturated rings. The van der Waals surface area contributed by atoms with E-state index in [-0.39, 0.29) is 107 Å². The van der Waals surface area contributed by atoms with Gasteiger partial charge < -0.3 is 33.4 Å². The topological polar surface area (TPSA) is 169 Å². The summed E-state index contributed by atoms with van der Waals surface area (Å²) in [6.45, 7) is 12.3. The Labute approximate surface area is 385 Å². The van der Waals surface area contributed by atoms with Crippen LogP contribution in [0, 0.1) is 24.0 Å². The van der Waals surface area contributed by atoms with Crippen molar-refractivity contribution >= 4 is 47.1 Å². The Morgan fingerprint density at radius 2 is 1.79 bits per heavy atom. The predicted octanol–water partition coefficient (Wildman–Crippen LogP) is 7.14. The standard InChI is InChI=1S/C48H51F3N7O8P/c1-9-34-37(50)17-16-29-18-33(66-67(62,65-32-14-12-11-13-15-32)55-28(5)45(60)64-27(3)4)19-35(40(29)34)42-41(51)43-36(22-52-42)44(54-46(53-43)63-26-47(6)20-30(49)23-56(47)8)57-24-31-21-48(7,61)38(25-57)58(31)39(59)10-2/h1,10-19,22,27-28,30-31,38,61H,2,20-21,23-26H2,3-8H3,(H,55,62)/t28-,30+,31+,38+,47-,48?,67?/m0/s1. The molecule has 352 valence electrons. The quantitative estimate of drug-likeness (QED) is 0.0499. The smallest absolute Gasteiger partial charge is 0.462 e. The van der Waals surface area contributed by atoms with Crippen molar-refractivity contribution in [2.24, 2.45) is 0 Å². The number of anilines is 1. The number of hydrogen-bond donors (Lipinski definition) is 2. The first-order chi connectivity index (χ1) is 31.7.